The van der Waals surface area contributed by atoms with Crippen molar-refractivity contribution in [3.63, 3.8) is 0 Å². The predicted molar refractivity (Wildman–Crippen MR) is 91.6 cm³/mol. The van der Waals surface area contributed by atoms with Crippen LogP contribution < -0.4 is 4.74 Å². The Kier molecular flexibility index (Phi) is 6.05. The molecule has 1 saturated carbocycles. The molecule has 0 aliphatic heterocycles. The third-order valence-electron chi connectivity index (χ3n) is 5.05. The van der Waals surface area contributed by atoms with E-state index in [0.29, 0.717) is 6.61 Å². The van der Waals surface area contributed by atoms with Crippen LogP contribution in [0.1, 0.15) is 51.1 Å². The molecule has 128 valence electrons. The summed E-state index contributed by atoms with van der Waals surface area (Å²) in [4.78, 5) is 15.2. The standard InChI is InChI=1S/C19H29NO3/c1-5-17(15-8-10-16(23-4)11-9-15)20(6-2)18(21)19(14-22-3)12-7-13-19/h8-11,17H,5-7,12-14H2,1-4H3. The molecule has 1 aliphatic carbocycles. The van der Waals surface area contributed by atoms with Crippen molar-refractivity contribution < 1.29 is 14.3 Å². The van der Waals surface area contributed by atoms with E-state index in [2.05, 4.69) is 26.0 Å². The van der Waals surface area contributed by atoms with Gasteiger partial charge in [-0.15, -0.1) is 0 Å². The minimum Gasteiger partial charge on any atom is -0.497 e. The first kappa shape index (κ1) is 17.8. The molecule has 1 unspecified atom stereocenters. The summed E-state index contributed by atoms with van der Waals surface area (Å²) in [6.07, 6.45) is 3.89. The van der Waals surface area contributed by atoms with Gasteiger partial charge in [0.25, 0.3) is 0 Å². The van der Waals surface area contributed by atoms with E-state index in [9.17, 15) is 4.79 Å². The van der Waals surface area contributed by atoms with Crippen LogP contribution in [0.15, 0.2) is 24.3 Å². The molecule has 0 spiro atoms. The van der Waals surface area contributed by atoms with Gasteiger partial charge < -0.3 is 14.4 Å². The van der Waals surface area contributed by atoms with Crippen molar-refractivity contribution in [2.24, 2.45) is 5.41 Å². The van der Waals surface area contributed by atoms with Crippen LogP contribution in [0.3, 0.4) is 0 Å². The Morgan fingerprint density at radius 1 is 1.22 bits per heavy atom. The number of hydrogen-bond acceptors (Lipinski definition) is 3. The average molecular weight is 319 g/mol. The van der Waals surface area contributed by atoms with Crippen LogP contribution >= 0.6 is 0 Å². The zero-order valence-electron chi connectivity index (χ0n) is 14.8. The minimum absolute atomic E-state index is 0.104. The molecule has 1 amide bonds. The Hall–Kier alpha value is -1.55. The van der Waals surface area contributed by atoms with Crippen molar-refractivity contribution in [1.82, 2.24) is 4.90 Å². The highest BCUT2D eigenvalue weighted by Crippen LogP contribution is 2.44. The first-order valence-electron chi connectivity index (χ1n) is 8.55. The van der Waals surface area contributed by atoms with Gasteiger partial charge in [-0.2, -0.15) is 0 Å². The molecule has 0 saturated heterocycles. The number of ether oxygens (including phenoxy) is 2. The Bertz CT molecular complexity index is 508. The molecule has 4 nitrogen and oxygen atoms in total. The lowest BCUT2D eigenvalue weighted by atomic mass is 9.68. The maximum atomic E-state index is 13.2. The molecule has 1 atom stereocenters. The number of benzene rings is 1. The second-order valence-electron chi connectivity index (χ2n) is 6.36. The Morgan fingerprint density at radius 2 is 1.87 bits per heavy atom. The smallest absolute Gasteiger partial charge is 0.231 e. The van der Waals surface area contributed by atoms with Gasteiger partial charge in [-0.25, -0.2) is 0 Å². The van der Waals surface area contributed by atoms with E-state index in [1.165, 1.54) is 0 Å². The monoisotopic (exact) mass is 319 g/mol. The van der Waals surface area contributed by atoms with E-state index in [1.807, 2.05) is 17.0 Å². The summed E-state index contributed by atoms with van der Waals surface area (Å²) >= 11 is 0. The summed E-state index contributed by atoms with van der Waals surface area (Å²) in [6.45, 7) is 5.44. The highest BCUT2D eigenvalue weighted by molar-refractivity contribution is 5.84. The molecular formula is C19H29NO3. The topological polar surface area (TPSA) is 38.8 Å². The van der Waals surface area contributed by atoms with Gasteiger partial charge in [0.15, 0.2) is 0 Å². The van der Waals surface area contributed by atoms with Gasteiger partial charge in [0, 0.05) is 13.7 Å². The number of hydrogen-bond donors (Lipinski definition) is 0. The van der Waals surface area contributed by atoms with Crippen molar-refractivity contribution in [2.75, 3.05) is 27.4 Å². The van der Waals surface area contributed by atoms with E-state index >= 15 is 0 Å². The van der Waals surface area contributed by atoms with E-state index < -0.39 is 0 Å². The zero-order chi connectivity index (χ0) is 16.9. The van der Waals surface area contributed by atoms with Crippen LogP contribution in [0.4, 0.5) is 0 Å². The van der Waals surface area contributed by atoms with E-state index in [1.54, 1.807) is 14.2 Å². The lowest BCUT2D eigenvalue weighted by Crippen LogP contribution is -2.51. The number of amides is 1. The van der Waals surface area contributed by atoms with Crippen LogP contribution in [0, 0.1) is 5.41 Å². The fraction of sp³-hybridized carbons (Fsp3) is 0.632. The van der Waals surface area contributed by atoms with Gasteiger partial charge in [0.05, 0.1) is 25.2 Å². The SMILES string of the molecule is CCC(c1ccc(OC)cc1)N(CC)C(=O)C1(COC)CCC1. The Morgan fingerprint density at radius 3 is 2.26 bits per heavy atom. The molecule has 0 N–H and O–H groups in total. The highest BCUT2D eigenvalue weighted by atomic mass is 16.5. The van der Waals surface area contributed by atoms with Gasteiger partial charge in [-0.3, -0.25) is 4.79 Å². The van der Waals surface area contributed by atoms with Gasteiger partial charge in [0.2, 0.25) is 5.91 Å². The zero-order valence-corrected chi connectivity index (χ0v) is 14.8. The van der Waals surface area contributed by atoms with E-state index in [-0.39, 0.29) is 17.4 Å². The van der Waals surface area contributed by atoms with Crippen molar-refractivity contribution in [2.45, 2.75) is 45.6 Å². The maximum absolute atomic E-state index is 13.2. The fourth-order valence-electron chi connectivity index (χ4n) is 3.57. The summed E-state index contributed by atoms with van der Waals surface area (Å²) in [5.74, 6) is 1.09. The molecule has 4 heteroatoms. The summed E-state index contributed by atoms with van der Waals surface area (Å²) in [5.41, 5.74) is 0.861. The molecule has 0 heterocycles. The second kappa shape index (κ2) is 7.82. The van der Waals surface area contributed by atoms with Crippen molar-refractivity contribution in [1.29, 1.82) is 0 Å². The van der Waals surface area contributed by atoms with Crippen LogP contribution in [0.5, 0.6) is 5.75 Å². The molecule has 23 heavy (non-hydrogen) atoms. The van der Waals surface area contributed by atoms with Gasteiger partial charge in [0.1, 0.15) is 5.75 Å². The van der Waals surface area contributed by atoms with Crippen molar-refractivity contribution in [3.05, 3.63) is 29.8 Å². The summed E-state index contributed by atoms with van der Waals surface area (Å²) in [7, 11) is 3.35. The van der Waals surface area contributed by atoms with Gasteiger partial charge in [-0.05, 0) is 43.9 Å². The molecular weight excluding hydrogens is 290 g/mol. The molecule has 2 rings (SSSR count). The largest absolute Gasteiger partial charge is 0.497 e. The fourth-order valence-corrected chi connectivity index (χ4v) is 3.57. The molecule has 1 aromatic rings. The lowest BCUT2D eigenvalue weighted by Gasteiger charge is -2.45. The maximum Gasteiger partial charge on any atom is 0.231 e. The molecule has 0 bridgehead atoms. The quantitative estimate of drug-likeness (QED) is 0.731. The van der Waals surface area contributed by atoms with Crippen LogP contribution in [-0.4, -0.2) is 38.2 Å². The van der Waals surface area contributed by atoms with E-state index in [0.717, 1.165) is 43.5 Å². The highest BCUT2D eigenvalue weighted by Gasteiger charge is 2.47. The molecule has 1 fully saturated rings. The summed E-state index contributed by atoms with van der Waals surface area (Å²) in [6, 6.07) is 8.15. The molecule has 0 radical (unpaired) electrons. The minimum atomic E-state index is -0.301. The first-order chi connectivity index (χ1) is 11.1. The second-order valence-corrected chi connectivity index (χ2v) is 6.36. The predicted octanol–water partition coefficient (Wildman–Crippen LogP) is 3.81. The third-order valence-corrected chi connectivity index (χ3v) is 5.05. The Labute approximate surface area is 139 Å². The van der Waals surface area contributed by atoms with Crippen LogP contribution in [-0.2, 0) is 9.53 Å². The number of carbonyl (C=O) groups is 1. The van der Waals surface area contributed by atoms with Crippen LogP contribution in [0.2, 0.25) is 0 Å². The summed E-state index contributed by atoms with van der Waals surface area (Å²) < 4.78 is 10.6. The number of methoxy groups -OCH3 is 2. The molecule has 1 aromatic carbocycles. The van der Waals surface area contributed by atoms with Crippen LogP contribution in [0.25, 0.3) is 0 Å². The molecule has 1 aliphatic rings. The summed E-state index contributed by atoms with van der Waals surface area (Å²) in [5, 5.41) is 0. The normalized spacial score (nSPS) is 17.2. The van der Waals surface area contributed by atoms with Crippen molar-refractivity contribution in [3.8, 4) is 5.75 Å². The Balaban J connectivity index is 2.23. The number of carbonyl (C=O) groups excluding carboxylic acids is 1. The van der Waals surface area contributed by atoms with Gasteiger partial charge >= 0.3 is 0 Å². The average Bonchev–Trinajstić information content (AvgIpc) is 2.55. The lowest BCUT2D eigenvalue weighted by molar-refractivity contribution is -0.154. The molecule has 0 aromatic heterocycles. The van der Waals surface area contributed by atoms with E-state index in [4.69, 9.17) is 9.47 Å². The third kappa shape index (κ3) is 3.52. The number of rotatable bonds is 8. The first-order valence-corrected chi connectivity index (χ1v) is 8.55. The van der Waals surface area contributed by atoms with Crippen molar-refractivity contribution >= 4 is 5.91 Å². The number of nitrogens with zero attached hydrogens (tertiary/aromatic N) is 1. The van der Waals surface area contributed by atoms with Gasteiger partial charge in [-0.1, -0.05) is 25.5 Å².